The van der Waals surface area contributed by atoms with E-state index in [-0.39, 0.29) is 16.6 Å². The van der Waals surface area contributed by atoms with Crippen LogP contribution in [0.2, 0.25) is 10.0 Å². The van der Waals surface area contributed by atoms with Gasteiger partial charge >= 0.3 is 5.97 Å². The Balaban J connectivity index is 2.07. The van der Waals surface area contributed by atoms with Crippen LogP contribution in [-0.2, 0) is 9.53 Å². The predicted molar refractivity (Wildman–Crippen MR) is 103 cm³/mol. The lowest BCUT2D eigenvalue weighted by atomic mass is 10.2. The number of amides is 1. The summed E-state index contributed by atoms with van der Waals surface area (Å²) in [5.74, 6) is -0.774. The molecule has 2 N–H and O–H groups in total. The molecule has 1 heterocycles. The quantitative estimate of drug-likeness (QED) is 0.708. The van der Waals surface area contributed by atoms with E-state index < -0.39 is 18.0 Å². The van der Waals surface area contributed by atoms with Crippen molar-refractivity contribution in [1.29, 1.82) is 0 Å². The van der Waals surface area contributed by atoms with Crippen molar-refractivity contribution in [2.24, 2.45) is 0 Å². The highest BCUT2D eigenvalue weighted by Gasteiger charge is 2.22. The van der Waals surface area contributed by atoms with Gasteiger partial charge in [0.25, 0.3) is 5.91 Å². The number of rotatable bonds is 6. The zero-order valence-electron chi connectivity index (χ0n) is 14.5. The first kappa shape index (κ1) is 20.0. The number of nitrogens with zero attached hydrogens (tertiary/aromatic N) is 1. The fourth-order valence-electron chi connectivity index (χ4n) is 2.07. The van der Waals surface area contributed by atoms with E-state index in [0.29, 0.717) is 16.5 Å². The molecule has 0 aliphatic heterocycles. The van der Waals surface area contributed by atoms with E-state index in [1.165, 1.54) is 6.92 Å². The Morgan fingerprint density at radius 1 is 1.12 bits per heavy atom. The topological polar surface area (TPSA) is 80.3 Å². The standard InChI is InChI=1S/C18H19Cl2N3O3/c1-10(2)22-16-12(6-5-9-21-16)18(25)26-11(3)17(24)23-14-8-4-7-13(19)15(14)20/h4-11H,1-3H3,(H,21,22)(H,23,24)/t11-/m1/s1. The molecule has 0 unspecified atom stereocenters. The van der Waals surface area contributed by atoms with E-state index >= 15 is 0 Å². The van der Waals surface area contributed by atoms with Crippen molar-refractivity contribution in [3.05, 3.63) is 52.1 Å². The van der Waals surface area contributed by atoms with Gasteiger partial charge in [-0.1, -0.05) is 29.3 Å². The van der Waals surface area contributed by atoms with Crippen molar-refractivity contribution in [1.82, 2.24) is 4.98 Å². The van der Waals surface area contributed by atoms with Gasteiger partial charge in [0.1, 0.15) is 11.4 Å². The molecule has 1 amide bonds. The molecule has 26 heavy (non-hydrogen) atoms. The molecule has 0 aliphatic rings. The van der Waals surface area contributed by atoms with Crippen LogP contribution >= 0.6 is 23.2 Å². The zero-order chi connectivity index (χ0) is 19.3. The third-order valence-corrected chi connectivity index (χ3v) is 4.13. The van der Waals surface area contributed by atoms with Gasteiger partial charge < -0.3 is 15.4 Å². The summed E-state index contributed by atoms with van der Waals surface area (Å²) in [7, 11) is 0. The summed E-state index contributed by atoms with van der Waals surface area (Å²) in [4.78, 5) is 28.8. The number of carbonyl (C=O) groups is 2. The molecular weight excluding hydrogens is 377 g/mol. The summed E-state index contributed by atoms with van der Waals surface area (Å²) in [5.41, 5.74) is 0.595. The van der Waals surface area contributed by atoms with Crippen molar-refractivity contribution < 1.29 is 14.3 Å². The van der Waals surface area contributed by atoms with Crippen LogP contribution in [0.3, 0.4) is 0 Å². The molecule has 0 aliphatic carbocycles. The van der Waals surface area contributed by atoms with Crippen LogP contribution in [0.15, 0.2) is 36.5 Å². The largest absolute Gasteiger partial charge is 0.449 e. The molecular formula is C18H19Cl2N3O3. The summed E-state index contributed by atoms with van der Waals surface area (Å²) >= 11 is 12.0. The van der Waals surface area contributed by atoms with Gasteiger partial charge in [-0.05, 0) is 45.0 Å². The van der Waals surface area contributed by atoms with Crippen molar-refractivity contribution in [2.45, 2.75) is 32.9 Å². The number of esters is 1. The maximum Gasteiger partial charge on any atom is 0.342 e. The Bertz CT molecular complexity index is 812. The number of hydrogen-bond acceptors (Lipinski definition) is 5. The Hall–Kier alpha value is -2.31. The van der Waals surface area contributed by atoms with E-state index in [9.17, 15) is 9.59 Å². The smallest absolute Gasteiger partial charge is 0.342 e. The van der Waals surface area contributed by atoms with Gasteiger partial charge in [-0.15, -0.1) is 0 Å². The van der Waals surface area contributed by atoms with Gasteiger partial charge in [0, 0.05) is 12.2 Å². The van der Waals surface area contributed by atoms with Gasteiger partial charge in [-0.25, -0.2) is 9.78 Å². The first-order valence-corrected chi connectivity index (χ1v) is 8.72. The van der Waals surface area contributed by atoms with Gasteiger partial charge in [0.15, 0.2) is 6.10 Å². The average molecular weight is 396 g/mol. The second kappa shape index (κ2) is 8.87. The highest BCUT2D eigenvalue weighted by Crippen LogP contribution is 2.29. The second-order valence-electron chi connectivity index (χ2n) is 5.84. The molecule has 1 atom stereocenters. The molecule has 0 spiro atoms. The predicted octanol–water partition coefficient (Wildman–Crippen LogP) is 4.39. The molecule has 0 fully saturated rings. The number of aromatic nitrogens is 1. The van der Waals surface area contributed by atoms with Crippen LogP contribution in [0.5, 0.6) is 0 Å². The van der Waals surface area contributed by atoms with Crippen molar-refractivity contribution in [2.75, 3.05) is 10.6 Å². The highest BCUT2D eigenvalue weighted by molar-refractivity contribution is 6.44. The average Bonchev–Trinajstić information content (AvgIpc) is 2.58. The van der Waals surface area contributed by atoms with Crippen LogP contribution in [0.1, 0.15) is 31.1 Å². The Morgan fingerprint density at radius 2 is 1.85 bits per heavy atom. The maximum atomic E-state index is 12.4. The van der Waals surface area contributed by atoms with Crippen LogP contribution in [0.25, 0.3) is 0 Å². The summed E-state index contributed by atoms with van der Waals surface area (Å²) in [6.07, 6.45) is 0.531. The maximum absolute atomic E-state index is 12.4. The lowest BCUT2D eigenvalue weighted by molar-refractivity contribution is -0.123. The number of ether oxygens (including phenoxy) is 1. The third-order valence-electron chi connectivity index (χ3n) is 3.32. The Morgan fingerprint density at radius 3 is 2.54 bits per heavy atom. The number of halogens is 2. The Labute approximate surface area is 161 Å². The fourth-order valence-corrected chi connectivity index (χ4v) is 2.42. The summed E-state index contributed by atoms with van der Waals surface area (Å²) < 4.78 is 5.26. The minimum absolute atomic E-state index is 0.0853. The highest BCUT2D eigenvalue weighted by atomic mass is 35.5. The van der Waals surface area contributed by atoms with E-state index in [4.69, 9.17) is 27.9 Å². The first-order chi connectivity index (χ1) is 12.3. The number of anilines is 2. The van der Waals surface area contributed by atoms with Crippen LogP contribution in [0, 0.1) is 0 Å². The SMILES string of the molecule is CC(C)Nc1ncccc1C(=O)O[C@H](C)C(=O)Nc1cccc(Cl)c1Cl. The van der Waals surface area contributed by atoms with Crippen LogP contribution < -0.4 is 10.6 Å². The summed E-state index contributed by atoms with van der Waals surface area (Å²) in [5, 5.41) is 6.19. The van der Waals surface area contributed by atoms with E-state index in [2.05, 4.69) is 15.6 Å². The van der Waals surface area contributed by atoms with Crippen LogP contribution in [-0.4, -0.2) is 29.0 Å². The van der Waals surface area contributed by atoms with Crippen molar-refractivity contribution >= 4 is 46.6 Å². The summed E-state index contributed by atoms with van der Waals surface area (Å²) in [6.45, 7) is 5.32. The first-order valence-electron chi connectivity index (χ1n) is 7.97. The molecule has 0 bridgehead atoms. The molecule has 2 aromatic rings. The van der Waals surface area contributed by atoms with Crippen molar-refractivity contribution in [3.63, 3.8) is 0 Å². The van der Waals surface area contributed by atoms with Gasteiger partial charge in [-0.3, -0.25) is 4.79 Å². The molecule has 6 nitrogen and oxygen atoms in total. The normalized spacial score (nSPS) is 11.8. The van der Waals surface area contributed by atoms with Crippen molar-refractivity contribution in [3.8, 4) is 0 Å². The fraction of sp³-hybridized carbons (Fsp3) is 0.278. The molecule has 1 aromatic heterocycles. The lowest BCUT2D eigenvalue weighted by Gasteiger charge is -2.16. The number of pyridine rings is 1. The third kappa shape index (κ3) is 5.09. The minimum Gasteiger partial charge on any atom is -0.449 e. The van der Waals surface area contributed by atoms with Gasteiger partial charge in [-0.2, -0.15) is 0 Å². The lowest BCUT2D eigenvalue weighted by Crippen LogP contribution is -2.30. The number of nitrogens with one attached hydrogen (secondary N) is 2. The minimum atomic E-state index is -1.04. The van der Waals surface area contributed by atoms with E-state index in [1.54, 1.807) is 36.5 Å². The second-order valence-corrected chi connectivity index (χ2v) is 6.62. The molecule has 0 radical (unpaired) electrons. The number of hydrogen-bond donors (Lipinski definition) is 2. The van der Waals surface area contributed by atoms with Gasteiger partial charge in [0.2, 0.25) is 0 Å². The van der Waals surface area contributed by atoms with E-state index in [1.807, 2.05) is 13.8 Å². The molecule has 0 saturated heterocycles. The van der Waals surface area contributed by atoms with E-state index in [0.717, 1.165) is 0 Å². The molecule has 0 saturated carbocycles. The molecule has 1 aromatic carbocycles. The van der Waals surface area contributed by atoms with Gasteiger partial charge in [0.05, 0.1) is 15.7 Å². The number of benzene rings is 1. The molecule has 138 valence electrons. The summed E-state index contributed by atoms with van der Waals surface area (Å²) in [6, 6.07) is 8.15. The molecule has 2 rings (SSSR count). The molecule has 8 heteroatoms. The van der Waals surface area contributed by atoms with Crippen LogP contribution in [0.4, 0.5) is 11.5 Å². The number of carbonyl (C=O) groups excluding carboxylic acids is 2. The Kier molecular flexibility index (Phi) is 6.83. The monoisotopic (exact) mass is 395 g/mol. The zero-order valence-corrected chi connectivity index (χ0v) is 16.1.